The third-order valence-corrected chi connectivity index (χ3v) is 5.86. The van der Waals surface area contributed by atoms with Crippen molar-refractivity contribution in [3.8, 4) is 0 Å². The zero-order chi connectivity index (χ0) is 16.3. The van der Waals surface area contributed by atoms with Gasteiger partial charge < -0.3 is 10.2 Å². The highest BCUT2D eigenvalue weighted by Crippen LogP contribution is 2.21. The van der Waals surface area contributed by atoms with Crippen molar-refractivity contribution in [2.75, 3.05) is 18.1 Å². The van der Waals surface area contributed by atoms with Gasteiger partial charge in [-0.3, -0.25) is 9.59 Å². The highest BCUT2D eigenvalue weighted by atomic mass is 32.2. The van der Waals surface area contributed by atoms with Gasteiger partial charge in [-0.1, -0.05) is 13.8 Å². The molecule has 0 bridgehead atoms. The largest absolute Gasteiger partial charge is 0.342 e. The van der Waals surface area contributed by atoms with E-state index in [0.717, 1.165) is 0 Å². The molecule has 1 heterocycles. The number of hydrogen-bond acceptors (Lipinski definition) is 4. The first-order valence-electron chi connectivity index (χ1n) is 7.47. The zero-order valence-corrected chi connectivity index (χ0v) is 14.1. The van der Waals surface area contributed by atoms with Crippen LogP contribution in [0.4, 0.5) is 0 Å². The molecule has 1 fully saturated rings. The molecular weight excluding hydrogens is 292 g/mol. The number of sulfone groups is 1. The summed E-state index contributed by atoms with van der Waals surface area (Å²) < 4.78 is 23.7. The zero-order valence-electron chi connectivity index (χ0n) is 13.3. The first-order valence-corrected chi connectivity index (χ1v) is 9.30. The summed E-state index contributed by atoms with van der Waals surface area (Å²) in [6.45, 7) is 7.27. The predicted molar refractivity (Wildman–Crippen MR) is 81.6 cm³/mol. The van der Waals surface area contributed by atoms with E-state index in [1.807, 2.05) is 13.8 Å². The molecule has 2 amide bonds. The van der Waals surface area contributed by atoms with Crippen molar-refractivity contribution >= 4 is 21.7 Å². The van der Waals surface area contributed by atoms with Crippen molar-refractivity contribution in [1.29, 1.82) is 0 Å². The fourth-order valence-electron chi connectivity index (χ4n) is 2.52. The predicted octanol–water partition coefficient (Wildman–Crippen LogP) is 0.717. The molecule has 0 saturated carbocycles. The monoisotopic (exact) mass is 318 g/mol. The molecule has 1 N–H and O–H groups in total. The van der Waals surface area contributed by atoms with Crippen LogP contribution in [0.3, 0.4) is 0 Å². The van der Waals surface area contributed by atoms with Crippen molar-refractivity contribution in [2.45, 2.75) is 58.5 Å². The standard InChI is InChI=1S/C14H26N2O4S/c1-5-8-21(19,20)9-7-16-11(3)10-12(17)15-14(4,6-2)13(16)18/h11H,5-10H2,1-4H3,(H,15,17). The SMILES string of the molecule is CCCS(=O)(=O)CCN1C(=O)C(C)(CC)NC(=O)CC1C. The van der Waals surface area contributed by atoms with Gasteiger partial charge in [0.25, 0.3) is 0 Å². The van der Waals surface area contributed by atoms with E-state index in [1.54, 1.807) is 13.8 Å². The van der Waals surface area contributed by atoms with Crippen LogP contribution in [0.2, 0.25) is 0 Å². The Bertz CT molecular complexity index is 503. The minimum atomic E-state index is -3.15. The third kappa shape index (κ3) is 4.43. The summed E-state index contributed by atoms with van der Waals surface area (Å²) in [5.74, 6) is -0.287. The Morgan fingerprint density at radius 3 is 2.43 bits per heavy atom. The van der Waals surface area contributed by atoms with Gasteiger partial charge in [0.2, 0.25) is 11.8 Å². The molecule has 0 aromatic carbocycles. The summed E-state index contributed by atoms with van der Waals surface area (Å²) in [5.41, 5.74) is -0.948. The molecule has 122 valence electrons. The molecule has 1 saturated heterocycles. The maximum Gasteiger partial charge on any atom is 0.248 e. The number of carbonyl (C=O) groups excluding carboxylic acids is 2. The number of carbonyl (C=O) groups is 2. The lowest BCUT2D eigenvalue weighted by Gasteiger charge is -2.33. The summed E-state index contributed by atoms with van der Waals surface area (Å²) in [6, 6.07) is -0.289. The molecule has 2 unspecified atom stereocenters. The van der Waals surface area contributed by atoms with Crippen LogP contribution in [0.5, 0.6) is 0 Å². The van der Waals surface area contributed by atoms with Gasteiger partial charge in [-0.25, -0.2) is 8.42 Å². The van der Waals surface area contributed by atoms with Gasteiger partial charge in [0.1, 0.15) is 5.54 Å². The first kappa shape index (κ1) is 17.9. The maximum atomic E-state index is 12.6. The van der Waals surface area contributed by atoms with Crippen LogP contribution in [-0.4, -0.2) is 54.8 Å². The number of rotatable bonds is 6. The van der Waals surface area contributed by atoms with Crippen molar-refractivity contribution in [1.82, 2.24) is 10.2 Å². The third-order valence-electron chi connectivity index (χ3n) is 4.03. The molecule has 1 aliphatic heterocycles. The Balaban J connectivity index is 2.92. The summed E-state index contributed by atoms with van der Waals surface area (Å²) in [4.78, 5) is 26.0. The second-order valence-electron chi connectivity index (χ2n) is 5.94. The molecule has 21 heavy (non-hydrogen) atoms. The minimum Gasteiger partial charge on any atom is -0.342 e. The average Bonchev–Trinajstić information content (AvgIpc) is 2.44. The summed E-state index contributed by atoms with van der Waals surface area (Å²) in [5, 5.41) is 2.76. The topological polar surface area (TPSA) is 83.6 Å². The molecule has 0 aromatic rings. The van der Waals surface area contributed by atoms with E-state index in [0.29, 0.717) is 12.8 Å². The summed E-state index contributed by atoms with van der Waals surface area (Å²) in [6.07, 6.45) is 1.25. The second kappa shape index (κ2) is 6.77. The van der Waals surface area contributed by atoms with E-state index < -0.39 is 15.4 Å². The van der Waals surface area contributed by atoms with Gasteiger partial charge in [-0.2, -0.15) is 0 Å². The maximum absolute atomic E-state index is 12.6. The van der Waals surface area contributed by atoms with Crippen molar-refractivity contribution in [2.24, 2.45) is 0 Å². The molecule has 1 rings (SSSR count). The number of nitrogens with zero attached hydrogens (tertiary/aromatic N) is 1. The molecule has 7 heteroatoms. The van der Waals surface area contributed by atoms with Crippen LogP contribution >= 0.6 is 0 Å². The van der Waals surface area contributed by atoms with E-state index in [1.165, 1.54) is 4.90 Å². The Hall–Kier alpha value is -1.11. The molecule has 6 nitrogen and oxygen atoms in total. The molecule has 0 spiro atoms. The lowest BCUT2D eigenvalue weighted by atomic mass is 9.97. The molecule has 0 radical (unpaired) electrons. The van der Waals surface area contributed by atoms with E-state index in [4.69, 9.17) is 0 Å². The van der Waals surface area contributed by atoms with Gasteiger partial charge in [0.15, 0.2) is 9.84 Å². The van der Waals surface area contributed by atoms with Gasteiger partial charge in [0.05, 0.1) is 5.75 Å². The van der Waals surface area contributed by atoms with Gasteiger partial charge >= 0.3 is 0 Å². The average molecular weight is 318 g/mol. The minimum absolute atomic E-state index is 0.0507. The number of hydrogen-bond donors (Lipinski definition) is 1. The fraction of sp³-hybridized carbons (Fsp3) is 0.857. The van der Waals surface area contributed by atoms with Crippen molar-refractivity contribution in [3.63, 3.8) is 0 Å². The van der Waals surface area contributed by atoms with Crippen LogP contribution in [0.15, 0.2) is 0 Å². The van der Waals surface area contributed by atoms with Crippen molar-refractivity contribution < 1.29 is 18.0 Å². The Labute approximate surface area is 127 Å². The lowest BCUT2D eigenvalue weighted by Crippen LogP contribution is -2.56. The second-order valence-corrected chi connectivity index (χ2v) is 8.24. The molecular formula is C14H26N2O4S. The first-order chi connectivity index (χ1) is 9.65. The quantitative estimate of drug-likeness (QED) is 0.782. The van der Waals surface area contributed by atoms with Crippen LogP contribution in [0.25, 0.3) is 0 Å². The van der Waals surface area contributed by atoms with Crippen molar-refractivity contribution in [3.05, 3.63) is 0 Å². The highest BCUT2D eigenvalue weighted by Gasteiger charge is 2.41. The fourth-order valence-corrected chi connectivity index (χ4v) is 3.82. The normalized spacial score (nSPS) is 27.4. The van der Waals surface area contributed by atoms with Crippen LogP contribution in [-0.2, 0) is 19.4 Å². The highest BCUT2D eigenvalue weighted by molar-refractivity contribution is 7.91. The van der Waals surface area contributed by atoms with E-state index in [9.17, 15) is 18.0 Å². The number of nitrogens with one attached hydrogen (secondary N) is 1. The Morgan fingerprint density at radius 2 is 1.90 bits per heavy atom. The Kier molecular flexibility index (Phi) is 5.78. The van der Waals surface area contributed by atoms with Gasteiger partial charge in [-0.05, 0) is 26.7 Å². The van der Waals surface area contributed by atoms with Crippen LogP contribution in [0, 0.1) is 0 Å². The smallest absolute Gasteiger partial charge is 0.248 e. The van der Waals surface area contributed by atoms with Gasteiger partial charge in [-0.15, -0.1) is 0 Å². The molecule has 2 atom stereocenters. The lowest BCUT2D eigenvalue weighted by molar-refractivity contribution is -0.139. The summed E-state index contributed by atoms with van der Waals surface area (Å²) >= 11 is 0. The molecule has 0 aromatic heterocycles. The van der Waals surface area contributed by atoms with Gasteiger partial charge in [0, 0.05) is 24.8 Å². The van der Waals surface area contributed by atoms with E-state index in [2.05, 4.69) is 5.32 Å². The molecule has 0 aliphatic carbocycles. The Morgan fingerprint density at radius 1 is 1.29 bits per heavy atom. The van der Waals surface area contributed by atoms with E-state index >= 15 is 0 Å². The van der Waals surface area contributed by atoms with Crippen LogP contribution in [0.1, 0.15) is 47.0 Å². The number of amides is 2. The molecule has 1 aliphatic rings. The van der Waals surface area contributed by atoms with Crippen LogP contribution < -0.4 is 5.32 Å². The van der Waals surface area contributed by atoms with E-state index in [-0.39, 0.29) is 42.3 Å². The summed E-state index contributed by atoms with van der Waals surface area (Å²) in [7, 11) is -3.15.